The van der Waals surface area contributed by atoms with Gasteiger partial charge in [-0.3, -0.25) is 4.79 Å². The first-order chi connectivity index (χ1) is 9.96. The minimum atomic E-state index is -0.550. The third kappa shape index (κ3) is 3.42. The van der Waals surface area contributed by atoms with Gasteiger partial charge in [-0.25, -0.2) is 4.79 Å². The number of rotatable bonds is 3. The molecular weight excluding hydrogens is 268 g/mol. The highest BCUT2D eigenvalue weighted by Gasteiger charge is 2.34. The Kier molecular flexibility index (Phi) is 4.63. The number of nitrogens with one attached hydrogen (secondary N) is 2. The monoisotopic (exact) mass is 290 g/mol. The van der Waals surface area contributed by atoms with Crippen LogP contribution in [0.3, 0.4) is 0 Å². The molecule has 1 aliphatic rings. The Morgan fingerprint density at radius 1 is 1.33 bits per heavy atom. The molecule has 0 aliphatic carbocycles. The third-order valence-electron chi connectivity index (χ3n) is 4.03. The molecule has 5 nitrogen and oxygen atoms in total. The number of aryl methyl sites for hydroxylation is 1. The summed E-state index contributed by atoms with van der Waals surface area (Å²) in [5, 5.41) is 6.21. The predicted octanol–water partition coefficient (Wildman–Crippen LogP) is 2.25. The summed E-state index contributed by atoms with van der Waals surface area (Å²) in [4.78, 5) is 24.1. The van der Waals surface area contributed by atoms with Crippen molar-refractivity contribution in [2.24, 2.45) is 0 Å². The average Bonchev–Trinajstić information content (AvgIpc) is 2.49. The molecule has 2 N–H and O–H groups in total. The number of methoxy groups -OCH3 is 1. The summed E-state index contributed by atoms with van der Waals surface area (Å²) in [6.45, 7) is 4.67. The molecule has 0 saturated carbocycles. The van der Waals surface area contributed by atoms with Crippen LogP contribution in [0.1, 0.15) is 42.1 Å². The van der Waals surface area contributed by atoms with Crippen molar-refractivity contribution in [3.05, 3.63) is 29.3 Å². The molecule has 1 aliphatic heterocycles. The number of hydrogen-bond donors (Lipinski definition) is 2. The Morgan fingerprint density at radius 3 is 2.71 bits per heavy atom. The van der Waals surface area contributed by atoms with Crippen molar-refractivity contribution in [2.75, 3.05) is 19.0 Å². The third-order valence-corrected chi connectivity index (χ3v) is 4.03. The maximum absolute atomic E-state index is 12.5. The van der Waals surface area contributed by atoms with Crippen LogP contribution < -0.4 is 10.6 Å². The van der Waals surface area contributed by atoms with Gasteiger partial charge in [0.05, 0.1) is 18.2 Å². The summed E-state index contributed by atoms with van der Waals surface area (Å²) in [6.07, 6.45) is 2.95. The molecular formula is C16H22N2O3. The smallest absolute Gasteiger partial charge is 0.337 e. The molecule has 1 aromatic rings. The van der Waals surface area contributed by atoms with Crippen molar-refractivity contribution >= 4 is 17.6 Å². The second-order valence-corrected chi connectivity index (χ2v) is 5.69. The van der Waals surface area contributed by atoms with E-state index >= 15 is 0 Å². The van der Waals surface area contributed by atoms with Gasteiger partial charge in [-0.2, -0.15) is 0 Å². The number of benzene rings is 1. The number of piperidine rings is 1. The van der Waals surface area contributed by atoms with Crippen molar-refractivity contribution in [1.29, 1.82) is 0 Å². The normalized spacial score (nSPS) is 21.7. The fourth-order valence-corrected chi connectivity index (χ4v) is 2.51. The molecule has 1 heterocycles. The molecule has 0 spiro atoms. The lowest BCUT2D eigenvalue weighted by Gasteiger charge is -2.33. The zero-order valence-corrected chi connectivity index (χ0v) is 12.8. The van der Waals surface area contributed by atoms with Crippen LogP contribution in [-0.4, -0.2) is 31.1 Å². The van der Waals surface area contributed by atoms with Crippen molar-refractivity contribution in [3.8, 4) is 0 Å². The summed E-state index contributed by atoms with van der Waals surface area (Å²) in [7, 11) is 1.34. The van der Waals surface area contributed by atoms with Crippen molar-refractivity contribution in [3.63, 3.8) is 0 Å². The van der Waals surface area contributed by atoms with E-state index < -0.39 is 11.5 Å². The molecule has 0 aromatic heterocycles. The van der Waals surface area contributed by atoms with Gasteiger partial charge in [-0.05, 0) is 57.4 Å². The molecule has 0 radical (unpaired) electrons. The van der Waals surface area contributed by atoms with Crippen LogP contribution in [0.15, 0.2) is 18.2 Å². The van der Waals surface area contributed by atoms with Gasteiger partial charge in [0.15, 0.2) is 0 Å². The van der Waals surface area contributed by atoms with Gasteiger partial charge in [-0.1, -0.05) is 6.07 Å². The lowest BCUT2D eigenvalue weighted by atomic mass is 9.90. The first-order valence-corrected chi connectivity index (χ1v) is 7.22. The minimum absolute atomic E-state index is 0.0627. The van der Waals surface area contributed by atoms with Crippen LogP contribution in [-0.2, 0) is 9.53 Å². The highest BCUT2D eigenvalue weighted by atomic mass is 16.5. The predicted molar refractivity (Wildman–Crippen MR) is 81.4 cm³/mol. The first kappa shape index (κ1) is 15.5. The van der Waals surface area contributed by atoms with Gasteiger partial charge in [-0.15, -0.1) is 0 Å². The van der Waals surface area contributed by atoms with Crippen LogP contribution in [0.4, 0.5) is 5.69 Å². The zero-order chi connectivity index (χ0) is 15.5. The van der Waals surface area contributed by atoms with Gasteiger partial charge >= 0.3 is 5.97 Å². The van der Waals surface area contributed by atoms with E-state index in [-0.39, 0.29) is 5.91 Å². The summed E-state index contributed by atoms with van der Waals surface area (Å²) >= 11 is 0. The van der Waals surface area contributed by atoms with Gasteiger partial charge in [0.2, 0.25) is 5.91 Å². The van der Waals surface area contributed by atoms with Crippen LogP contribution >= 0.6 is 0 Å². The van der Waals surface area contributed by atoms with Gasteiger partial charge in [0.1, 0.15) is 0 Å². The Morgan fingerprint density at radius 2 is 2.10 bits per heavy atom. The van der Waals surface area contributed by atoms with Crippen molar-refractivity contribution in [1.82, 2.24) is 5.32 Å². The van der Waals surface area contributed by atoms with Crippen molar-refractivity contribution in [2.45, 2.75) is 38.6 Å². The van der Waals surface area contributed by atoms with E-state index in [1.807, 2.05) is 13.8 Å². The molecule has 114 valence electrons. The summed E-state index contributed by atoms with van der Waals surface area (Å²) in [5.74, 6) is -0.472. The van der Waals surface area contributed by atoms with Crippen LogP contribution in [0, 0.1) is 6.92 Å². The van der Waals surface area contributed by atoms with Gasteiger partial charge in [0.25, 0.3) is 0 Å². The van der Waals surface area contributed by atoms with Crippen molar-refractivity contribution < 1.29 is 14.3 Å². The van der Waals surface area contributed by atoms with E-state index in [1.165, 1.54) is 7.11 Å². The number of amides is 1. The molecule has 2 rings (SSSR count). The van der Waals surface area contributed by atoms with Gasteiger partial charge in [0, 0.05) is 5.69 Å². The molecule has 0 bridgehead atoms. The van der Waals surface area contributed by atoms with E-state index in [0.29, 0.717) is 11.3 Å². The number of ether oxygens (including phenoxy) is 1. The second kappa shape index (κ2) is 6.26. The lowest BCUT2D eigenvalue weighted by molar-refractivity contribution is -0.122. The van der Waals surface area contributed by atoms with E-state index in [4.69, 9.17) is 4.74 Å². The molecule has 1 aromatic carbocycles. The highest BCUT2D eigenvalue weighted by molar-refractivity contribution is 5.99. The SMILES string of the molecule is COC(=O)c1ccc(C)c(NC(=O)C2(C)CCCCN2)c1. The number of carbonyl (C=O) groups is 2. The first-order valence-electron chi connectivity index (χ1n) is 7.22. The molecule has 1 unspecified atom stereocenters. The molecule has 1 saturated heterocycles. The zero-order valence-electron chi connectivity index (χ0n) is 12.8. The minimum Gasteiger partial charge on any atom is -0.465 e. The Hall–Kier alpha value is -1.88. The largest absolute Gasteiger partial charge is 0.465 e. The standard InChI is InChI=1S/C16H22N2O3/c1-11-6-7-12(14(19)21-3)10-13(11)18-15(20)16(2)8-4-5-9-17-16/h6-7,10,17H,4-5,8-9H2,1-3H3,(H,18,20). The molecule has 5 heteroatoms. The van der Waals surface area contributed by atoms with Crippen LogP contribution in [0.2, 0.25) is 0 Å². The maximum atomic E-state index is 12.5. The fourth-order valence-electron chi connectivity index (χ4n) is 2.51. The van der Waals surface area contributed by atoms with E-state index in [0.717, 1.165) is 31.4 Å². The highest BCUT2D eigenvalue weighted by Crippen LogP contribution is 2.23. The van der Waals surface area contributed by atoms with Crippen LogP contribution in [0.25, 0.3) is 0 Å². The number of carbonyl (C=O) groups excluding carboxylic acids is 2. The van der Waals surface area contributed by atoms with E-state index in [9.17, 15) is 9.59 Å². The number of esters is 1. The number of anilines is 1. The van der Waals surface area contributed by atoms with Gasteiger partial charge < -0.3 is 15.4 Å². The lowest BCUT2D eigenvalue weighted by Crippen LogP contribution is -2.54. The second-order valence-electron chi connectivity index (χ2n) is 5.69. The summed E-state index contributed by atoms with van der Waals surface area (Å²) in [5.41, 5.74) is 1.44. The van der Waals surface area contributed by atoms with Crippen LogP contribution in [0.5, 0.6) is 0 Å². The summed E-state index contributed by atoms with van der Waals surface area (Å²) in [6, 6.07) is 5.15. The Labute approximate surface area is 125 Å². The average molecular weight is 290 g/mol. The number of hydrogen-bond acceptors (Lipinski definition) is 4. The maximum Gasteiger partial charge on any atom is 0.337 e. The Bertz CT molecular complexity index is 548. The molecule has 1 amide bonds. The van der Waals surface area contributed by atoms with E-state index in [2.05, 4.69) is 10.6 Å². The van der Waals surface area contributed by atoms with E-state index in [1.54, 1.807) is 18.2 Å². The molecule has 1 fully saturated rings. The topological polar surface area (TPSA) is 67.4 Å². The molecule has 1 atom stereocenters. The quantitative estimate of drug-likeness (QED) is 0.838. The molecule has 21 heavy (non-hydrogen) atoms. The fraction of sp³-hybridized carbons (Fsp3) is 0.500. The Balaban J connectivity index is 2.18. The summed E-state index contributed by atoms with van der Waals surface area (Å²) < 4.78 is 4.71.